The molecule has 116 valence electrons. The van der Waals surface area contributed by atoms with Crippen LogP contribution in [0.4, 0.5) is 0 Å². The van der Waals surface area contributed by atoms with Crippen molar-refractivity contribution >= 4 is 11.5 Å². The first-order chi connectivity index (χ1) is 10.6. The van der Waals surface area contributed by atoms with Crippen LogP contribution in [0.5, 0.6) is 5.75 Å². The maximum absolute atomic E-state index is 12.3. The molecule has 1 aromatic carbocycles. The number of methoxy groups -OCH3 is 1. The molecule has 0 saturated heterocycles. The number of rotatable bonds is 4. The Kier molecular flexibility index (Phi) is 3.81. The predicted octanol–water partition coefficient (Wildman–Crippen LogP) is 4.00. The Balaban J connectivity index is 1.91. The van der Waals surface area contributed by atoms with Gasteiger partial charge in [-0.15, -0.1) is 0 Å². The molecule has 0 aliphatic heterocycles. The molecule has 0 heterocycles. The van der Waals surface area contributed by atoms with E-state index in [1.165, 1.54) is 16.7 Å². The topological polar surface area (TPSA) is 35.5 Å². The van der Waals surface area contributed by atoms with Crippen LogP contribution < -0.4 is 4.74 Å². The van der Waals surface area contributed by atoms with E-state index in [0.717, 1.165) is 18.6 Å². The van der Waals surface area contributed by atoms with Gasteiger partial charge in [0, 0.05) is 5.92 Å². The average Bonchev–Trinajstić information content (AvgIpc) is 2.80. The van der Waals surface area contributed by atoms with E-state index in [4.69, 9.17) is 9.47 Å². The first-order valence-electron chi connectivity index (χ1n) is 7.80. The molecule has 0 radical (unpaired) electrons. The third-order valence-corrected chi connectivity index (χ3v) is 4.79. The third-order valence-electron chi connectivity index (χ3n) is 4.79. The molecule has 2 atom stereocenters. The molecule has 2 bridgehead atoms. The van der Waals surface area contributed by atoms with E-state index in [9.17, 15) is 4.79 Å². The van der Waals surface area contributed by atoms with Gasteiger partial charge in [0.1, 0.15) is 5.75 Å². The highest BCUT2D eigenvalue weighted by molar-refractivity contribution is 5.85. The Bertz CT molecular complexity index is 639. The van der Waals surface area contributed by atoms with Crippen molar-refractivity contribution in [3.05, 3.63) is 47.6 Å². The number of allylic oxidation sites excluding steroid dienone is 3. The first-order valence-corrected chi connectivity index (χ1v) is 7.80. The lowest BCUT2D eigenvalue weighted by molar-refractivity contribution is -0.152. The second-order valence-corrected chi connectivity index (χ2v) is 6.11. The number of benzene rings is 1. The summed E-state index contributed by atoms with van der Waals surface area (Å²) in [6.45, 7) is 4.42. The molecule has 2 aliphatic rings. The van der Waals surface area contributed by atoms with Crippen molar-refractivity contribution < 1.29 is 14.3 Å². The zero-order valence-corrected chi connectivity index (χ0v) is 13.4. The van der Waals surface area contributed by atoms with Gasteiger partial charge in [0.25, 0.3) is 0 Å². The summed E-state index contributed by atoms with van der Waals surface area (Å²) < 4.78 is 10.5. The molecule has 0 fully saturated rings. The molecule has 3 heteroatoms. The summed E-state index contributed by atoms with van der Waals surface area (Å²) in [4.78, 5) is 12.3. The molecule has 22 heavy (non-hydrogen) atoms. The lowest BCUT2D eigenvalue weighted by atomic mass is 9.73. The Hall–Kier alpha value is -2.03. The van der Waals surface area contributed by atoms with Crippen LogP contribution in [0.3, 0.4) is 0 Å². The maximum Gasteiger partial charge on any atom is 0.316 e. The fourth-order valence-electron chi connectivity index (χ4n) is 3.66. The van der Waals surface area contributed by atoms with E-state index in [0.29, 0.717) is 12.5 Å². The minimum Gasteiger partial charge on any atom is -0.497 e. The maximum atomic E-state index is 12.3. The van der Waals surface area contributed by atoms with Gasteiger partial charge in [0.05, 0.1) is 19.1 Å². The highest BCUT2D eigenvalue weighted by atomic mass is 16.5. The molecule has 0 unspecified atom stereocenters. The fraction of sp³-hybridized carbons (Fsp3) is 0.421. The van der Waals surface area contributed by atoms with E-state index in [1.54, 1.807) is 7.11 Å². The summed E-state index contributed by atoms with van der Waals surface area (Å²) in [5.41, 5.74) is 3.35. The highest BCUT2D eigenvalue weighted by Gasteiger charge is 2.47. The highest BCUT2D eigenvalue weighted by Crippen LogP contribution is 2.53. The van der Waals surface area contributed by atoms with Crippen molar-refractivity contribution in [2.75, 3.05) is 13.7 Å². The SMILES string of the molecule is CCOC(=O)[C@]12C=C(C)[C@H](C1)C(c1ccc(OC)cc1)=CC2. The summed E-state index contributed by atoms with van der Waals surface area (Å²) in [7, 11) is 1.67. The molecular formula is C19H22O3. The Morgan fingerprint density at radius 3 is 2.68 bits per heavy atom. The molecule has 1 aromatic rings. The summed E-state index contributed by atoms with van der Waals surface area (Å²) in [6.07, 6.45) is 5.89. The number of carbonyl (C=O) groups excluding carboxylic acids is 1. The summed E-state index contributed by atoms with van der Waals surface area (Å²) >= 11 is 0. The van der Waals surface area contributed by atoms with Gasteiger partial charge < -0.3 is 9.47 Å². The summed E-state index contributed by atoms with van der Waals surface area (Å²) in [5, 5.41) is 0. The zero-order chi connectivity index (χ0) is 15.7. The van der Waals surface area contributed by atoms with E-state index in [2.05, 4.69) is 31.2 Å². The van der Waals surface area contributed by atoms with E-state index < -0.39 is 5.41 Å². The lowest BCUT2D eigenvalue weighted by Gasteiger charge is -2.30. The van der Waals surface area contributed by atoms with Crippen LogP contribution >= 0.6 is 0 Å². The molecule has 2 aliphatic carbocycles. The quantitative estimate of drug-likeness (QED) is 0.622. The van der Waals surface area contributed by atoms with Crippen molar-refractivity contribution in [2.24, 2.45) is 11.3 Å². The average molecular weight is 298 g/mol. The van der Waals surface area contributed by atoms with Crippen molar-refractivity contribution in [3.8, 4) is 5.75 Å². The van der Waals surface area contributed by atoms with Crippen LogP contribution in [0.15, 0.2) is 42.0 Å². The number of hydrogen-bond donors (Lipinski definition) is 0. The van der Waals surface area contributed by atoms with Gasteiger partial charge in [-0.2, -0.15) is 0 Å². The Morgan fingerprint density at radius 2 is 2.05 bits per heavy atom. The number of ether oxygens (including phenoxy) is 2. The molecule has 0 N–H and O–H groups in total. The number of carbonyl (C=O) groups is 1. The summed E-state index contributed by atoms with van der Waals surface area (Å²) in [5.74, 6) is 1.09. The van der Waals surface area contributed by atoms with Crippen molar-refractivity contribution in [2.45, 2.75) is 26.7 Å². The van der Waals surface area contributed by atoms with Gasteiger partial charge in [-0.05, 0) is 50.0 Å². The smallest absolute Gasteiger partial charge is 0.316 e. The van der Waals surface area contributed by atoms with Gasteiger partial charge in [-0.3, -0.25) is 4.79 Å². The minimum atomic E-state index is -0.444. The molecule has 3 nitrogen and oxygen atoms in total. The molecule has 3 rings (SSSR count). The number of fused-ring (bicyclic) bond motifs is 2. The van der Waals surface area contributed by atoms with Crippen LogP contribution in [0, 0.1) is 11.3 Å². The molecule has 0 saturated carbocycles. The number of hydrogen-bond acceptors (Lipinski definition) is 3. The third kappa shape index (κ3) is 2.35. The van der Waals surface area contributed by atoms with Gasteiger partial charge >= 0.3 is 5.97 Å². The van der Waals surface area contributed by atoms with Crippen LogP contribution in [0.1, 0.15) is 32.3 Å². The van der Waals surface area contributed by atoms with Crippen LogP contribution in [0.25, 0.3) is 5.57 Å². The molecule has 0 aromatic heterocycles. The Labute approximate surface area is 131 Å². The van der Waals surface area contributed by atoms with Gasteiger partial charge in [-0.25, -0.2) is 0 Å². The number of esters is 1. The second-order valence-electron chi connectivity index (χ2n) is 6.11. The lowest BCUT2D eigenvalue weighted by Crippen LogP contribution is -2.31. The molecule has 0 spiro atoms. The summed E-state index contributed by atoms with van der Waals surface area (Å²) in [6, 6.07) is 8.15. The van der Waals surface area contributed by atoms with Gasteiger partial charge in [0.2, 0.25) is 0 Å². The first kappa shape index (κ1) is 14.9. The normalized spacial score (nSPS) is 26.2. The van der Waals surface area contributed by atoms with Crippen molar-refractivity contribution in [1.29, 1.82) is 0 Å². The zero-order valence-electron chi connectivity index (χ0n) is 13.4. The van der Waals surface area contributed by atoms with Crippen molar-refractivity contribution in [3.63, 3.8) is 0 Å². The standard InChI is InChI=1S/C19H22O3/c1-4-22-18(20)19-10-9-16(17(12-19)13(2)11-19)14-5-7-15(21-3)8-6-14/h5-9,11,17H,4,10,12H2,1-3H3/t17-,19+/m0/s1. The van der Waals surface area contributed by atoms with E-state index >= 15 is 0 Å². The monoisotopic (exact) mass is 298 g/mol. The predicted molar refractivity (Wildman–Crippen MR) is 86.5 cm³/mol. The second kappa shape index (κ2) is 5.64. The largest absolute Gasteiger partial charge is 0.497 e. The van der Waals surface area contributed by atoms with Crippen LogP contribution in [0.2, 0.25) is 0 Å². The van der Waals surface area contributed by atoms with Crippen LogP contribution in [-0.2, 0) is 9.53 Å². The van der Waals surface area contributed by atoms with Crippen LogP contribution in [-0.4, -0.2) is 19.7 Å². The fourth-order valence-corrected chi connectivity index (χ4v) is 3.66. The molecule has 0 amide bonds. The van der Waals surface area contributed by atoms with Gasteiger partial charge in [-0.1, -0.05) is 29.9 Å². The van der Waals surface area contributed by atoms with Gasteiger partial charge in [0.15, 0.2) is 0 Å². The minimum absolute atomic E-state index is 0.0816. The molecular weight excluding hydrogens is 276 g/mol. The Morgan fingerprint density at radius 1 is 1.32 bits per heavy atom. The van der Waals surface area contributed by atoms with E-state index in [-0.39, 0.29) is 5.97 Å². The van der Waals surface area contributed by atoms with E-state index in [1.807, 2.05) is 19.1 Å². The van der Waals surface area contributed by atoms with Crippen molar-refractivity contribution in [1.82, 2.24) is 0 Å².